The van der Waals surface area contributed by atoms with Crippen molar-refractivity contribution < 1.29 is 9.90 Å². The Labute approximate surface area is 154 Å². The number of pyridine rings is 1. The van der Waals surface area contributed by atoms with Crippen molar-refractivity contribution in [3.8, 4) is 0 Å². The number of aliphatic hydroxyl groups excluding tert-OH is 1. The van der Waals surface area contributed by atoms with E-state index >= 15 is 0 Å². The van der Waals surface area contributed by atoms with Gasteiger partial charge in [0.15, 0.2) is 0 Å². The number of β-amino-alcohol motifs (C(OH)–C–C–N with tert-alkyl or cyclic N) is 1. The first kappa shape index (κ1) is 17.2. The molecule has 1 aliphatic heterocycles. The zero-order valence-corrected chi connectivity index (χ0v) is 14.8. The van der Waals surface area contributed by atoms with E-state index in [0.717, 1.165) is 43.5 Å². The van der Waals surface area contributed by atoms with Gasteiger partial charge in [0.1, 0.15) is 0 Å². The number of hydrogen-bond acceptors (Lipinski definition) is 4. The summed E-state index contributed by atoms with van der Waals surface area (Å²) in [7, 11) is 0. The van der Waals surface area contributed by atoms with E-state index in [1.807, 2.05) is 30.3 Å². The summed E-state index contributed by atoms with van der Waals surface area (Å²) in [5.41, 5.74) is 1.75. The van der Waals surface area contributed by atoms with Crippen LogP contribution in [-0.2, 0) is 10.2 Å². The predicted molar refractivity (Wildman–Crippen MR) is 99.5 cm³/mol. The first-order valence-electron chi connectivity index (χ1n) is 9.34. The minimum atomic E-state index is -0.402. The zero-order valence-electron chi connectivity index (χ0n) is 14.8. The lowest BCUT2D eigenvalue weighted by molar-refractivity contribution is -0.124. The number of carbonyl (C=O) groups is 1. The average Bonchev–Trinajstić information content (AvgIpc) is 3.40. The van der Waals surface area contributed by atoms with Crippen LogP contribution in [0.1, 0.15) is 36.4 Å². The fraction of sp³-hybridized carbons (Fsp3) is 0.429. The molecule has 0 radical (unpaired) electrons. The number of rotatable bonds is 6. The summed E-state index contributed by atoms with van der Waals surface area (Å²) in [4.78, 5) is 19.4. The first-order chi connectivity index (χ1) is 12.7. The van der Waals surface area contributed by atoms with Crippen LogP contribution in [0.25, 0.3) is 0 Å². The van der Waals surface area contributed by atoms with Gasteiger partial charge in [0, 0.05) is 32.0 Å². The molecule has 2 aliphatic rings. The number of hydrogen-bond donors (Lipinski definition) is 2. The summed E-state index contributed by atoms with van der Waals surface area (Å²) in [5, 5.41) is 13.1. The molecule has 2 atom stereocenters. The number of benzene rings is 1. The van der Waals surface area contributed by atoms with Crippen molar-refractivity contribution in [1.82, 2.24) is 15.2 Å². The average molecular weight is 351 g/mol. The molecule has 5 heteroatoms. The second kappa shape index (κ2) is 7.17. The monoisotopic (exact) mass is 351 g/mol. The van der Waals surface area contributed by atoms with Crippen LogP contribution in [0.2, 0.25) is 0 Å². The van der Waals surface area contributed by atoms with E-state index in [4.69, 9.17) is 0 Å². The number of aliphatic hydroxyl groups is 1. The van der Waals surface area contributed by atoms with Crippen LogP contribution in [0, 0.1) is 0 Å². The van der Waals surface area contributed by atoms with Crippen molar-refractivity contribution in [2.75, 3.05) is 19.6 Å². The third kappa shape index (κ3) is 3.50. The first-order valence-corrected chi connectivity index (χ1v) is 9.34. The topological polar surface area (TPSA) is 65.5 Å². The molecule has 4 rings (SSSR count). The van der Waals surface area contributed by atoms with Gasteiger partial charge in [0.05, 0.1) is 17.6 Å². The largest absolute Gasteiger partial charge is 0.392 e. The fourth-order valence-corrected chi connectivity index (χ4v) is 3.90. The summed E-state index contributed by atoms with van der Waals surface area (Å²) >= 11 is 0. The third-order valence-corrected chi connectivity index (χ3v) is 5.61. The van der Waals surface area contributed by atoms with Crippen LogP contribution in [0.4, 0.5) is 0 Å². The highest BCUT2D eigenvalue weighted by molar-refractivity contribution is 5.91. The van der Waals surface area contributed by atoms with Crippen LogP contribution in [0.3, 0.4) is 0 Å². The molecule has 0 bridgehead atoms. The van der Waals surface area contributed by atoms with Gasteiger partial charge in [-0.2, -0.15) is 0 Å². The van der Waals surface area contributed by atoms with Crippen LogP contribution >= 0.6 is 0 Å². The molecule has 2 heterocycles. The Morgan fingerprint density at radius 3 is 2.58 bits per heavy atom. The Hall–Kier alpha value is -2.24. The van der Waals surface area contributed by atoms with Gasteiger partial charge >= 0.3 is 0 Å². The quantitative estimate of drug-likeness (QED) is 0.836. The predicted octanol–water partition coefficient (Wildman–Crippen LogP) is 2.04. The molecule has 1 aliphatic carbocycles. The molecule has 1 aromatic heterocycles. The van der Waals surface area contributed by atoms with E-state index in [2.05, 4.69) is 27.3 Å². The number of aromatic nitrogens is 1. The highest BCUT2D eigenvalue weighted by Crippen LogP contribution is 2.48. The molecule has 2 unspecified atom stereocenters. The molecule has 1 saturated carbocycles. The Bertz CT molecular complexity index is 746. The van der Waals surface area contributed by atoms with Gasteiger partial charge in [-0.15, -0.1) is 0 Å². The number of nitrogens with one attached hydrogen (secondary N) is 1. The molecule has 26 heavy (non-hydrogen) atoms. The molecule has 1 amide bonds. The number of carbonyl (C=O) groups excluding carboxylic acids is 1. The third-order valence-electron chi connectivity index (χ3n) is 5.61. The van der Waals surface area contributed by atoms with E-state index in [9.17, 15) is 9.90 Å². The van der Waals surface area contributed by atoms with E-state index in [1.165, 1.54) is 0 Å². The molecule has 0 spiro atoms. The standard InChI is InChI=1S/C21H25N3O2/c25-18-8-13-24(14-18)15-19(16-4-2-1-3-5-16)23-20(26)21(9-10-21)17-6-11-22-12-7-17/h1-7,11-12,18-19,25H,8-10,13-15H2,(H,23,26). The second-order valence-electron chi connectivity index (χ2n) is 7.46. The summed E-state index contributed by atoms with van der Waals surface area (Å²) < 4.78 is 0. The van der Waals surface area contributed by atoms with Crippen molar-refractivity contribution in [1.29, 1.82) is 0 Å². The second-order valence-corrected chi connectivity index (χ2v) is 7.46. The van der Waals surface area contributed by atoms with Crippen molar-refractivity contribution >= 4 is 5.91 Å². The normalized spacial score (nSPS) is 22.7. The minimum absolute atomic E-state index is 0.0756. The van der Waals surface area contributed by atoms with E-state index in [0.29, 0.717) is 6.54 Å². The van der Waals surface area contributed by atoms with E-state index in [-0.39, 0.29) is 18.1 Å². The Morgan fingerprint density at radius 2 is 1.96 bits per heavy atom. The van der Waals surface area contributed by atoms with Crippen LogP contribution < -0.4 is 5.32 Å². The molecule has 1 aromatic carbocycles. The number of nitrogens with zero attached hydrogens (tertiary/aromatic N) is 2. The molecule has 5 nitrogen and oxygen atoms in total. The zero-order chi connectivity index (χ0) is 18.0. The van der Waals surface area contributed by atoms with Gasteiger partial charge in [-0.1, -0.05) is 30.3 Å². The minimum Gasteiger partial charge on any atom is -0.392 e. The van der Waals surface area contributed by atoms with Crippen molar-refractivity contribution in [2.24, 2.45) is 0 Å². The maximum Gasteiger partial charge on any atom is 0.231 e. The van der Waals surface area contributed by atoms with E-state index < -0.39 is 5.41 Å². The Kier molecular flexibility index (Phi) is 4.74. The Balaban J connectivity index is 1.52. The molecule has 2 N–H and O–H groups in total. The molecule has 1 saturated heterocycles. The molecule has 2 fully saturated rings. The maximum atomic E-state index is 13.2. The summed E-state index contributed by atoms with van der Waals surface area (Å²) in [6, 6.07) is 13.9. The lowest BCUT2D eigenvalue weighted by Gasteiger charge is -2.27. The van der Waals surface area contributed by atoms with Gasteiger partial charge in [0.2, 0.25) is 5.91 Å². The van der Waals surface area contributed by atoms with Crippen LogP contribution in [-0.4, -0.2) is 46.6 Å². The molecular formula is C21H25N3O2. The van der Waals surface area contributed by atoms with Gasteiger partial charge in [0.25, 0.3) is 0 Å². The summed E-state index contributed by atoms with van der Waals surface area (Å²) in [5.74, 6) is 0.0947. The number of amides is 1. The van der Waals surface area contributed by atoms with Crippen molar-refractivity contribution in [3.05, 3.63) is 66.0 Å². The summed E-state index contributed by atoms with van der Waals surface area (Å²) in [6.45, 7) is 2.27. The van der Waals surface area contributed by atoms with Gasteiger partial charge in [-0.05, 0) is 42.5 Å². The van der Waals surface area contributed by atoms with Crippen molar-refractivity contribution in [3.63, 3.8) is 0 Å². The number of likely N-dealkylation sites (tertiary alicyclic amines) is 1. The highest BCUT2D eigenvalue weighted by Gasteiger charge is 2.51. The van der Waals surface area contributed by atoms with Crippen LogP contribution in [0.15, 0.2) is 54.9 Å². The molecule has 136 valence electrons. The fourth-order valence-electron chi connectivity index (χ4n) is 3.90. The van der Waals surface area contributed by atoms with Gasteiger partial charge in [-0.25, -0.2) is 0 Å². The van der Waals surface area contributed by atoms with Crippen molar-refractivity contribution in [2.45, 2.75) is 36.8 Å². The molecule has 2 aromatic rings. The smallest absolute Gasteiger partial charge is 0.231 e. The molecular weight excluding hydrogens is 326 g/mol. The van der Waals surface area contributed by atoms with E-state index in [1.54, 1.807) is 12.4 Å². The summed E-state index contributed by atoms with van der Waals surface area (Å²) in [6.07, 6.45) is 5.82. The Morgan fingerprint density at radius 1 is 1.23 bits per heavy atom. The maximum absolute atomic E-state index is 13.2. The van der Waals surface area contributed by atoms with Gasteiger partial charge in [-0.3, -0.25) is 14.7 Å². The highest BCUT2D eigenvalue weighted by atomic mass is 16.3. The van der Waals surface area contributed by atoms with Crippen LogP contribution in [0.5, 0.6) is 0 Å². The SMILES string of the molecule is O=C(NC(CN1CCC(O)C1)c1ccccc1)C1(c2ccncc2)CC1. The van der Waals surface area contributed by atoms with Gasteiger partial charge < -0.3 is 10.4 Å². The lowest BCUT2D eigenvalue weighted by Crippen LogP contribution is -2.42. The lowest BCUT2D eigenvalue weighted by atomic mass is 9.95.